The van der Waals surface area contributed by atoms with Crippen LogP contribution in [0.5, 0.6) is 0 Å². The van der Waals surface area contributed by atoms with Gasteiger partial charge in [0.15, 0.2) is 0 Å². The molecule has 0 amide bonds. The summed E-state index contributed by atoms with van der Waals surface area (Å²) in [6, 6.07) is 8.28. The van der Waals surface area contributed by atoms with E-state index in [0.29, 0.717) is 5.56 Å². The van der Waals surface area contributed by atoms with E-state index in [4.69, 9.17) is 0 Å². The lowest BCUT2D eigenvalue weighted by molar-refractivity contribution is 1.28. The fraction of sp³-hybridized carbons (Fsp3) is 0.0526. The average molecular weight is 300 g/mol. The first-order valence-corrected chi connectivity index (χ1v) is 7.25. The minimum absolute atomic E-state index is 0.504. The Morgan fingerprint density at radius 3 is 2.96 bits per heavy atom. The lowest BCUT2D eigenvalue weighted by Crippen LogP contribution is -1.99. The molecular formula is C19H16N4. The molecule has 0 aliphatic rings. The van der Waals surface area contributed by atoms with Gasteiger partial charge in [-0.15, -0.1) is 0 Å². The maximum absolute atomic E-state index is 9.38. The number of hydrogen-bond donors (Lipinski definition) is 2. The molecule has 4 nitrogen and oxygen atoms in total. The third-order valence-corrected chi connectivity index (χ3v) is 3.77. The van der Waals surface area contributed by atoms with Gasteiger partial charge >= 0.3 is 0 Å². The molecule has 0 radical (unpaired) electrons. The maximum atomic E-state index is 9.38. The zero-order valence-electron chi connectivity index (χ0n) is 12.8. The molecule has 0 spiro atoms. The van der Waals surface area contributed by atoms with Gasteiger partial charge in [0, 0.05) is 40.7 Å². The van der Waals surface area contributed by atoms with E-state index in [1.54, 1.807) is 18.5 Å². The number of hydrogen-bond acceptors (Lipinski definition) is 3. The number of aryl methyl sites for hydroxylation is 1. The molecule has 0 aliphatic carbocycles. The Bertz CT molecular complexity index is 942. The first-order valence-electron chi connectivity index (χ1n) is 7.25. The SMILES string of the molecule is C=CC=Cc1cncc(C#N)c1Nc1ccc2[nH]ccc2c1C. The summed E-state index contributed by atoms with van der Waals surface area (Å²) in [4.78, 5) is 7.32. The summed E-state index contributed by atoms with van der Waals surface area (Å²) in [5.41, 5.74) is 5.28. The predicted molar refractivity (Wildman–Crippen MR) is 94.5 cm³/mol. The Kier molecular flexibility index (Phi) is 3.94. The number of pyridine rings is 1. The molecule has 0 bridgehead atoms. The van der Waals surface area contributed by atoms with E-state index in [9.17, 15) is 5.26 Å². The number of H-pyrrole nitrogens is 1. The van der Waals surface area contributed by atoms with Crippen LogP contribution in [0.2, 0.25) is 0 Å². The van der Waals surface area contributed by atoms with Gasteiger partial charge < -0.3 is 10.3 Å². The monoisotopic (exact) mass is 300 g/mol. The first kappa shape index (κ1) is 14.6. The largest absolute Gasteiger partial charge is 0.361 e. The molecule has 0 fully saturated rings. The number of allylic oxidation sites excluding steroid dienone is 2. The standard InChI is InChI=1S/C19H16N4/c1-3-4-5-14-11-21-12-15(10-20)19(14)23-17-6-7-18-16(13(17)2)8-9-22-18/h3-9,11-12,22H,1H2,2H3,(H,21,23). The highest BCUT2D eigenvalue weighted by Gasteiger charge is 2.10. The minimum atomic E-state index is 0.504. The van der Waals surface area contributed by atoms with Crippen molar-refractivity contribution in [2.24, 2.45) is 0 Å². The highest BCUT2D eigenvalue weighted by molar-refractivity contribution is 5.89. The van der Waals surface area contributed by atoms with Crippen LogP contribution in [0.15, 0.2) is 55.5 Å². The van der Waals surface area contributed by atoms with Gasteiger partial charge in [0.05, 0.1) is 11.3 Å². The summed E-state index contributed by atoms with van der Waals surface area (Å²) in [5.74, 6) is 0. The second-order valence-electron chi connectivity index (χ2n) is 5.16. The minimum Gasteiger partial charge on any atom is -0.361 e. The Hall–Kier alpha value is -3.32. The van der Waals surface area contributed by atoms with Gasteiger partial charge in [0.1, 0.15) is 6.07 Å². The topological polar surface area (TPSA) is 64.5 Å². The number of rotatable bonds is 4. The van der Waals surface area contributed by atoms with Gasteiger partial charge in [-0.05, 0) is 30.7 Å². The van der Waals surface area contributed by atoms with Crippen LogP contribution in [-0.4, -0.2) is 9.97 Å². The molecular weight excluding hydrogens is 284 g/mol. The summed E-state index contributed by atoms with van der Waals surface area (Å²) in [6.45, 7) is 5.74. The number of aromatic amines is 1. The van der Waals surface area contributed by atoms with Crippen molar-refractivity contribution < 1.29 is 0 Å². The first-order chi connectivity index (χ1) is 11.2. The normalized spacial score (nSPS) is 10.8. The number of nitrogens with one attached hydrogen (secondary N) is 2. The highest BCUT2D eigenvalue weighted by Crippen LogP contribution is 2.30. The smallest absolute Gasteiger partial charge is 0.103 e. The lowest BCUT2D eigenvalue weighted by atomic mass is 10.1. The van der Waals surface area contributed by atoms with Gasteiger partial charge in [-0.2, -0.15) is 5.26 Å². The van der Waals surface area contributed by atoms with Crippen molar-refractivity contribution in [2.45, 2.75) is 6.92 Å². The van der Waals surface area contributed by atoms with E-state index in [0.717, 1.165) is 33.4 Å². The summed E-state index contributed by atoms with van der Waals surface area (Å²) in [6.07, 6.45) is 10.6. The van der Waals surface area contributed by atoms with Crippen LogP contribution in [0, 0.1) is 18.3 Å². The molecule has 0 saturated heterocycles. The third kappa shape index (κ3) is 2.72. The molecule has 0 unspecified atom stereocenters. The molecule has 3 aromatic rings. The molecule has 0 saturated carbocycles. The van der Waals surface area contributed by atoms with Crippen LogP contribution in [0.25, 0.3) is 17.0 Å². The predicted octanol–water partition coefficient (Wildman–Crippen LogP) is 4.69. The van der Waals surface area contributed by atoms with E-state index >= 15 is 0 Å². The Labute approximate surface area is 134 Å². The molecule has 3 rings (SSSR count). The van der Waals surface area contributed by atoms with Crippen LogP contribution < -0.4 is 5.32 Å². The zero-order chi connectivity index (χ0) is 16.2. The van der Waals surface area contributed by atoms with Gasteiger partial charge in [-0.3, -0.25) is 4.98 Å². The molecule has 1 aromatic carbocycles. The molecule has 112 valence electrons. The molecule has 4 heteroatoms. The van der Waals surface area contributed by atoms with Crippen LogP contribution >= 0.6 is 0 Å². The summed E-state index contributed by atoms with van der Waals surface area (Å²) < 4.78 is 0. The van der Waals surface area contributed by atoms with Gasteiger partial charge in [-0.25, -0.2) is 0 Å². The van der Waals surface area contributed by atoms with Crippen molar-refractivity contribution in [2.75, 3.05) is 5.32 Å². The molecule has 0 atom stereocenters. The van der Waals surface area contributed by atoms with Crippen molar-refractivity contribution in [1.82, 2.24) is 9.97 Å². The number of aromatic nitrogens is 2. The van der Waals surface area contributed by atoms with Gasteiger partial charge in [-0.1, -0.05) is 24.8 Å². The Balaban J connectivity index is 2.10. The molecule has 2 N–H and O–H groups in total. The fourth-order valence-electron chi connectivity index (χ4n) is 2.55. The maximum Gasteiger partial charge on any atom is 0.103 e. The van der Waals surface area contributed by atoms with Crippen LogP contribution in [0.3, 0.4) is 0 Å². The molecule has 2 aromatic heterocycles. The van der Waals surface area contributed by atoms with Crippen molar-refractivity contribution >= 4 is 28.4 Å². The van der Waals surface area contributed by atoms with E-state index in [-0.39, 0.29) is 0 Å². The summed E-state index contributed by atoms with van der Waals surface area (Å²) in [5, 5.41) is 13.9. The van der Waals surface area contributed by atoms with Crippen LogP contribution in [0.4, 0.5) is 11.4 Å². The molecule has 23 heavy (non-hydrogen) atoms. The van der Waals surface area contributed by atoms with Crippen molar-refractivity contribution in [3.05, 3.63) is 72.2 Å². The number of nitriles is 1. The number of benzene rings is 1. The van der Waals surface area contributed by atoms with E-state index in [1.165, 1.54) is 0 Å². The van der Waals surface area contributed by atoms with Gasteiger partial charge in [0.2, 0.25) is 0 Å². The quantitative estimate of drug-likeness (QED) is 0.687. The fourth-order valence-corrected chi connectivity index (χ4v) is 2.55. The summed E-state index contributed by atoms with van der Waals surface area (Å²) >= 11 is 0. The lowest BCUT2D eigenvalue weighted by Gasteiger charge is -2.14. The number of fused-ring (bicyclic) bond motifs is 1. The van der Waals surface area contributed by atoms with E-state index < -0.39 is 0 Å². The van der Waals surface area contributed by atoms with Crippen molar-refractivity contribution in [3.8, 4) is 6.07 Å². The number of nitrogens with zero attached hydrogens (tertiary/aromatic N) is 2. The number of anilines is 2. The van der Waals surface area contributed by atoms with Crippen LogP contribution in [0.1, 0.15) is 16.7 Å². The van der Waals surface area contributed by atoms with Crippen molar-refractivity contribution in [1.29, 1.82) is 5.26 Å². The second-order valence-corrected chi connectivity index (χ2v) is 5.16. The van der Waals surface area contributed by atoms with Crippen LogP contribution in [-0.2, 0) is 0 Å². The summed E-state index contributed by atoms with van der Waals surface area (Å²) in [7, 11) is 0. The average Bonchev–Trinajstić information content (AvgIpc) is 3.05. The Morgan fingerprint density at radius 2 is 2.17 bits per heavy atom. The van der Waals surface area contributed by atoms with Crippen molar-refractivity contribution in [3.63, 3.8) is 0 Å². The van der Waals surface area contributed by atoms with E-state index in [2.05, 4.69) is 34.9 Å². The zero-order valence-corrected chi connectivity index (χ0v) is 12.8. The third-order valence-electron chi connectivity index (χ3n) is 3.77. The molecule has 0 aliphatic heterocycles. The van der Waals surface area contributed by atoms with E-state index in [1.807, 2.05) is 36.5 Å². The second kappa shape index (κ2) is 6.20. The highest BCUT2D eigenvalue weighted by atomic mass is 14.9. The van der Waals surface area contributed by atoms with Gasteiger partial charge in [0.25, 0.3) is 0 Å². The molecule has 2 heterocycles. The Morgan fingerprint density at radius 1 is 1.30 bits per heavy atom.